The molecule has 0 spiro atoms. The van der Waals surface area contributed by atoms with Crippen LogP contribution in [0.15, 0.2) is 0 Å². The number of rotatable bonds is 4. The molecule has 114 valence electrons. The highest BCUT2D eigenvalue weighted by molar-refractivity contribution is 7.17. The Labute approximate surface area is 126 Å². The van der Waals surface area contributed by atoms with E-state index in [4.69, 9.17) is 0 Å². The Morgan fingerprint density at radius 1 is 1.20 bits per heavy atom. The fraction of sp³-hybridized carbons (Fsp3) is 0.600. The number of carbonyl (C=O) groups excluding carboxylic acids is 2. The van der Waals surface area contributed by atoms with Crippen LogP contribution in [0, 0.1) is 6.92 Å². The maximum Gasteiger partial charge on any atom is 0.256 e. The average Bonchev–Trinajstić information content (AvgIpc) is 2.76. The van der Waals surface area contributed by atoms with Crippen molar-refractivity contribution in [2.45, 2.75) is 40.5 Å². The first-order chi connectivity index (χ1) is 9.31. The lowest BCUT2D eigenvalue weighted by atomic mass is 10.0. The maximum absolute atomic E-state index is 12.2. The van der Waals surface area contributed by atoms with E-state index in [0.717, 1.165) is 21.9 Å². The lowest BCUT2D eigenvalue weighted by molar-refractivity contribution is -0.107. The second-order valence-electron chi connectivity index (χ2n) is 4.84. The summed E-state index contributed by atoms with van der Waals surface area (Å²) in [6.07, 6.45) is 0.738. The Balaban J connectivity index is 0.00000172. The molecule has 0 bridgehead atoms. The van der Waals surface area contributed by atoms with Gasteiger partial charge in [0.2, 0.25) is 6.41 Å². The summed E-state index contributed by atoms with van der Waals surface area (Å²) in [7, 11) is 5.12. The highest BCUT2D eigenvalue weighted by Gasteiger charge is 2.25. The molecule has 4 nitrogen and oxygen atoms in total. The zero-order valence-corrected chi connectivity index (χ0v) is 14.6. The standard InChI is InChI=1S/C13H20N2O2S.C2H6/c1-8(2)11-9(3)10(12(17)14(4)5)13(18-11)15(6)7-16;1-2/h7-8H,1-6H3;1-2H3. The van der Waals surface area contributed by atoms with E-state index >= 15 is 0 Å². The number of hydrogen-bond donors (Lipinski definition) is 0. The van der Waals surface area contributed by atoms with E-state index in [9.17, 15) is 9.59 Å². The fourth-order valence-corrected chi connectivity index (χ4v) is 3.07. The molecule has 0 aliphatic rings. The van der Waals surface area contributed by atoms with Crippen molar-refractivity contribution in [1.29, 1.82) is 0 Å². The first-order valence-electron chi connectivity index (χ1n) is 6.84. The predicted molar refractivity (Wildman–Crippen MR) is 87.0 cm³/mol. The molecule has 0 N–H and O–H groups in total. The summed E-state index contributed by atoms with van der Waals surface area (Å²) >= 11 is 1.52. The summed E-state index contributed by atoms with van der Waals surface area (Å²) in [5.74, 6) is 0.289. The van der Waals surface area contributed by atoms with Gasteiger partial charge in [-0.3, -0.25) is 9.59 Å². The van der Waals surface area contributed by atoms with E-state index < -0.39 is 0 Å². The average molecular weight is 298 g/mol. The van der Waals surface area contributed by atoms with E-state index in [-0.39, 0.29) is 5.91 Å². The Morgan fingerprint density at radius 3 is 2.05 bits per heavy atom. The van der Waals surface area contributed by atoms with Crippen LogP contribution in [-0.2, 0) is 4.79 Å². The molecule has 5 heteroatoms. The third kappa shape index (κ3) is 3.82. The second-order valence-corrected chi connectivity index (χ2v) is 5.87. The van der Waals surface area contributed by atoms with Crippen LogP contribution in [0.1, 0.15) is 54.4 Å². The van der Waals surface area contributed by atoms with Gasteiger partial charge < -0.3 is 9.80 Å². The third-order valence-corrected chi connectivity index (χ3v) is 4.47. The molecular formula is C15H26N2O2S. The lowest BCUT2D eigenvalue weighted by Gasteiger charge is -2.15. The molecule has 0 aliphatic heterocycles. The Bertz CT molecular complexity index is 465. The number of anilines is 1. The topological polar surface area (TPSA) is 40.6 Å². The maximum atomic E-state index is 12.2. The van der Waals surface area contributed by atoms with Crippen molar-refractivity contribution in [3.05, 3.63) is 16.0 Å². The predicted octanol–water partition coefficient (Wildman–Crippen LogP) is 3.50. The Morgan fingerprint density at radius 2 is 1.70 bits per heavy atom. The van der Waals surface area contributed by atoms with Crippen molar-refractivity contribution in [3.63, 3.8) is 0 Å². The van der Waals surface area contributed by atoms with E-state index in [1.165, 1.54) is 16.2 Å². The van der Waals surface area contributed by atoms with Gasteiger partial charge in [0.25, 0.3) is 5.91 Å². The van der Waals surface area contributed by atoms with Crippen LogP contribution in [0.4, 0.5) is 5.00 Å². The zero-order chi connectivity index (χ0) is 16.0. The van der Waals surface area contributed by atoms with Crippen molar-refractivity contribution in [1.82, 2.24) is 4.90 Å². The largest absolute Gasteiger partial charge is 0.345 e. The van der Waals surface area contributed by atoms with Crippen molar-refractivity contribution >= 4 is 28.7 Å². The van der Waals surface area contributed by atoms with Gasteiger partial charge in [0.1, 0.15) is 5.00 Å². The van der Waals surface area contributed by atoms with Crippen LogP contribution < -0.4 is 4.90 Å². The Kier molecular flexibility index (Phi) is 7.50. The summed E-state index contributed by atoms with van der Waals surface area (Å²) in [5, 5.41) is 0.727. The van der Waals surface area contributed by atoms with Gasteiger partial charge in [0.05, 0.1) is 5.56 Å². The molecule has 0 saturated carbocycles. The fourth-order valence-electron chi connectivity index (χ4n) is 1.84. The molecule has 0 radical (unpaired) electrons. The minimum atomic E-state index is -0.0562. The van der Waals surface area contributed by atoms with Crippen LogP contribution in [0.3, 0.4) is 0 Å². The SMILES string of the molecule is CC.Cc1c(C(C)C)sc(N(C)C=O)c1C(=O)N(C)C. The molecule has 1 aromatic rings. The number of thiophene rings is 1. The van der Waals surface area contributed by atoms with Crippen molar-refractivity contribution in [2.24, 2.45) is 0 Å². The van der Waals surface area contributed by atoms with Gasteiger partial charge in [-0.05, 0) is 18.4 Å². The molecule has 0 atom stereocenters. The summed E-state index contributed by atoms with van der Waals surface area (Å²) in [4.78, 5) is 27.4. The Hall–Kier alpha value is -1.36. The molecule has 0 aliphatic carbocycles. The summed E-state index contributed by atoms with van der Waals surface area (Å²) in [5.41, 5.74) is 1.63. The molecule has 1 rings (SSSR count). The number of amides is 2. The zero-order valence-electron chi connectivity index (χ0n) is 13.8. The number of carbonyl (C=O) groups is 2. The summed E-state index contributed by atoms with van der Waals surface area (Å²) in [6, 6.07) is 0. The van der Waals surface area contributed by atoms with Gasteiger partial charge in [-0.2, -0.15) is 0 Å². The van der Waals surface area contributed by atoms with E-state index in [1.807, 2.05) is 20.8 Å². The van der Waals surface area contributed by atoms with Gasteiger partial charge in [-0.25, -0.2) is 0 Å². The van der Waals surface area contributed by atoms with Gasteiger partial charge in [-0.15, -0.1) is 11.3 Å². The van der Waals surface area contributed by atoms with Gasteiger partial charge >= 0.3 is 0 Å². The minimum absolute atomic E-state index is 0.0562. The highest BCUT2D eigenvalue weighted by atomic mass is 32.1. The monoisotopic (exact) mass is 298 g/mol. The second kappa shape index (κ2) is 8.04. The van der Waals surface area contributed by atoms with Crippen molar-refractivity contribution in [3.8, 4) is 0 Å². The van der Waals surface area contributed by atoms with Crippen LogP contribution in [0.2, 0.25) is 0 Å². The third-order valence-electron chi connectivity index (χ3n) is 2.79. The van der Waals surface area contributed by atoms with E-state index in [1.54, 1.807) is 26.0 Å². The smallest absolute Gasteiger partial charge is 0.256 e. The quantitative estimate of drug-likeness (QED) is 0.798. The molecule has 20 heavy (non-hydrogen) atoms. The van der Waals surface area contributed by atoms with Crippen molar-refractivity contribution < 1.29 is 9.59 Å². The lowest BCUT2D eigenvalue weighted by Crippen LogP contribution is -2.25. The summed E-state index contributed by atoms with van der Waals surface area (Å²) < 4.78 is 0. The number of nitrogens with zero attached hydrogens (tertiary/aromatic N) is 2. The molecule has 0 aromatic carbocycles. The minimum Gasteiger partial charge on any atom is -0.345 e. The molecule has 0 unspecified atom stereocenters. The molecule has 0 fully saturated rings. The van der Waals surface area contributed by atoms with Gasteiger partial charge in [0.15, 0.2) is 0 Å². The summed E-state index contributed by atoms with van der Waals surface area (Å²) in [6.45, 7) is 10.1. The molecule has 0 saturated heterocycles. The van der Waals surface area contributed by atoms with Crippen LogP contribution in [0.25, 0.3) is 0 Å². The van der Waals surface area contributed by atoms with Crippen LogP contribution in [0.5, 0.6) is 0 Å². The van der Waals surface area contributed by atoms with Gasteiger partial charge in [0, 0.05) is 26.0 Å². The van der Waals surface area contributed by atoms with Crippen LogP contribution >= 0.6 is 11.3 Å². The van der Waals surface area contributed by atoms with Gasteiger partial charge in [-0.1, -0.05) is 27.7 Å². The molecule has 1 aromatic heterocycles. The molecule has 2 amide bonds. The molecule has 1 heterocycles. The van der Waals surface area contributed by atoms with E-state index in [0.29, 0.717) is 11.5 Å². The van der Waals surface area contributed by atoms with Crippen molar-refractivity contribution in [2.75, 3.05) is 26.0 Å². The molecular weight excluding hydrogens is 272 g/mol. The normalized spacial score (nSPS) is 9.85. The van der Waals surface area contributed by atoms with E-state index in [2.05, 4.69) is 13.8 Å². The highest BCUT2D eigenvalue weighted by Crippen LogP contribution is 2.39. The first kappa shape index (κ1) is 18.6. The number of hydrogen-bond acceptors (Lipinski definition) is 3. The first-order valence-corrected chi connectivity index (χ1v) is 7.66. The van der Waals surface area contributed by atoms with Crippen LogP contribution in [-0.4, -0.2) is 38.4 Å².